The van der Waals surface area contributed by atoms with Crippen molar-refractivity contribution in [3.8, 4) is 11.4 Å². The molecule has 0 radical (unpaired) electrons. The summed E-state index contributed by atoms with van der Waals surface area (Å²) in [5, 5.41) is 11.2. The summed E-state index contributed by atoms with van der Waals surface area (Å²) in [6.07, 6.45) is 2.21. The lowest BCUT2D eigenvalue weighted by Crippen LogP contribution is -2.14. The third-order valence-electron chi connectivity index (χ3n) is 3.50. The normalized spacial score (nSPS) is 21.8. The molecule has 0 saturated carbocycles. The maximum absolute atomic E-state index is 11.5. The number of nitrogen functional groups attached to an aromatic ring is 1. The topological polar surface area (TPSA) is 107 Å². The first-order chi connectivity index (χ1) is 8.98. The molecule has 1 aliphatic rings. The first kappa shape index (κ1) is 12.2. The predicted octanol–water partition coefficient (Wildman–Crippen LogP) is 0.523. The third kappa shape index (κ3) is 2.01. The molecule has 0 aliphatic carbocycles. The summed E-state index contributed by atoms with van der Waals surface area (Å²) in [4.78, 5) is 0. The van der Waals surface area contributed by atoms with E-state index < -0.39 is 9.84 Å². The lowest BCUT2D eigenvalue weighted by atomic mass is 10.2. The van der Waals surface area contributed by atoms with Crippen molar-refractivity contribution in [1.29, 1.82) is 0 Å². The van der Waals surface area contributed by atoms with Gasteiger partial charge >= 0.3 is 0 Å². The zero-order valence-electron chi connectivity index (χ0n) is 10.5. The number of anilines is 1. The Morgan fingerprint density at radius 3 is 2.89 bits per heavy atom. The van der Waals surface area contributed by atoms with Crippen LogP contribution in [0.25, 0.3) is 11.4 Å². The summed E-state index contributed by atoms with van der Waals surface area (Å²) in [6, 6.07) is 1.64. The molecule has 1 fully saturated rings. The van der Waals surface area contributed by atoms with Crippen molar-refractivity contribution in [1.82, 2.24) is 20.0 Å². The zero-order valence-corrected chi connectivity index (χ0v) is 11.3. The van der Waals surface area contributed by atoms with Crippen molar-refractivity contribution in [3.63, 3.8) is 0 Å². The van der Waals surface area contributed by atoms with Crippen LogP contribution in [0.1, 0.15) is 18.0 Å². The quantitative estimate of drug-likeness (QED) is 0.834. The van der Waals surface area contributed by atoms with Crippen LogP contribution in [-0.2, 0) is 9.84 Å². The van der Waals surface area contributed by atoms with Crippen molar-refractivity contribution in [2.24, 2.45) is 0 Å². The van der Waals surface area contributed by atoms with E-state index in [9.17, 15) is 8.42 Å². The highest BCUT2D eigenvalue weighted by Gasteiger charge is 2.31. The van der Waals surface area contributed by atoms with Crippen LogP contribution < -0.4 is 5.73 Å². The number of hydrogen-bond donors (Lipinski definition) is 2. The van der Waals surface area contributed by atoms with E-state index in [1.165, 1.54) is 0 Å². The minimum atomic E-state index is -2.95. The highest BCUT2D eigenvalue weighted by atomic mass is 32.2. The highest BCUT2D eigenvalue weighted by molar-refractivity contribution is 7.91. The van der Waals surface area contributed by atoms with Gasteiger partial charge in [-0.05, 0) is 19.4 Å². The number of aromatic nitrogens is 4. The molecule has 0 spiro atoms. The van der Waals surface area contributed by atoms with E-state index >= 15 is 0 Å². The Hall–Kier alpha value is -1.83. The van der Waals surface area contributed by atoms with Crippen molar-refractivity contribution in [3.05, 3.63) is 17.8 Å². The number of nitrogens with zero attached hydrogens (tertiary/aromatic N) is 3. The van der Waals surface area contributed by atoms with Gasteiger partial charge in [0.05, 0.1) is 23.2 Å². The summed E-state index contributed by atoms with van der Waals surface area (Å²) in [5.41, 5.74) is 8.39. The SMILES string of the molecule is Cc1c(-c2ccn[nH]2)nn(C2CCS(=O)(=O)C2)c1N. The smallest absolute Gasteiger partial charge is 0.152 e. The lowest BCUT2D eigenvalue weighted by molar-refractivity contribution is 0.508. The standard InChI is InChI=1S/C11H15N5O2S/c1-7-10(9-2-4-13-14-9)15-16(11(7)12)8-3-5-19(17,18)6-8/h2,4,8H,3,5-6,12H2,1H3,(H,13,14). The molecular weight excluding hydrogens is 266 g/mol. The molecule has 102 valence electrons. The van der Waals surface area contributed by atoms with Crippen LogP contribution in [0.3, 0.4) is 0 Å². The van der Waals surface area contributed by atoms with E-state index in [-0.39, 0.29) is 17.5 Å². The van der Waals surface area contributed by atoms with Crippen LogP contribution >= 0.6 is 0 Å². The largest absolute Gasteiger partial charge is 0.384 e. The van der Waals surface area contributed by atoms with E-state index in [0.29, 0.717) is 12.2 Å². The van der Waals surface area contributed by atoms with Gasteiger partial charge in [-0.2, -0.15) is 10.2 Å². The van der Waals surface area contributed by atoms with Gasteiger partial charge in [0.25, 0.3) is 0 Å². The maximum atomic E-state index is 11.5. The fourth-order valence-corrected chi connectivity index (χ4v) is 4.11. The number of rotatable bonds is 2. The summed E-state index contributed by atoms with van der Waals surface area (Å²) in [5.74, 6) is 0.836. The Bertz CT molecular complexity index is 702. The molecule has 3 heterocycles. The monoisotopic (exact) mass is 281 g/mol. The van der Waals surface area contributed by atoms with Crippen LogP contribution in [0.4, 0.5) is 5.82 Å². The summed E-state index contributed by atoms with van der Waals surface area (Å²) in [7, 11) is -2.95. The molecule has 3 N–H and O–H groups in total. The lowest BCUT2D eigenvalue weighted by Gasteiger charge is -2.10. The van der Waals surface area contributed by atoms with E-state index in [4.69, 9.17) is 5.73 Å². The van der Waals surface area contributed by atoms with Crippen LogP contribution in [0.5, 0.6) is 0 Å². The molecule has 3 rings (SSSR count). The van der Waals surface area contributed by atoms with E-state index in [2.05, 4.69) is 15.3 Å². The molecule has 1 atom stereocenters. The van der Waals surface area contributed by atoms with E-state index in [1.54, 1.807) is 10.9 Å². The van der Waals surface area contributed by atoms with Crippen molar-refractivity contribution in [2.75, 3.05) is 17.2 Å². The Balaban J connectivity index is 2.03. The molecule has 2 aromatic heterocycles. The number of nitrogens with two attached hydrogens (primary N) is 1. The van der Waals surface area contributed by atoms with Gasteiger partial charge in [0.15, 0.2) is 9.84 Å². The molecule has 8 heteroatoms. The third-order valence-corrected chi connectivity index (χ3v) is 5.25. The minimum absolute atomic E-state index is 0.112. The molecule has 0 aromatic carbocycles. The number of sulfone groups is 1. The number of aromatic amines is 1. The number of nitrogens with one attached hydrogen (secondary N) is 1. The maximum Gasteiger partial charge on any atom is 0.152 e. The van der Waals surface area contributed by atoms with Crippen LogP contribution in [0.2, 0.25) is 0 Å². The van der Waals surface area contributed by atoms with Gasteiger partial charge in [0.1, 0.15) is 11.5 Å². The minimum Gasteiger partial charge on any atom is -0.384 e. The fourth-order valence-electron chi connectivity index (χ4n) is 2.42. The Labute approximate surface area is 110 Å². The van der Waals surface area contributed by atoms with Gasteiger partial charge in [-0.15, -0.1) is 0 Å². The molecule has 1 saturated heterocycles. The summed E-state index contributed by atoms with van der Waals surface area (Å²) < 4.78 is 24.7. The van der Waals surface area contributed by atoms with E-state index in [0.717, 1.165) is 17.0 Å². The predicted molar refractivity (Wildman–Crippen MR) is 71.3 cm³/mol. The van der Waals surface area contributed by atoms with Crippen LogP contribution in [0.15, 0.2) is 12.3 Å². The van der Waals surface area contributed by atoms with Gasteiger partial charge < -0.3 is 5.73 Å². The number of hydrogen-bond acceptors (Lipinski definition) is 5. The summed E-state index contributed by atoms with van der Waals surface area (Å²) >= 11 is 0. The zero-order chi connectivity index (χ0) is 13.6. The van der Waals surface area contributed by atoms with Crippen LogP contribution in [-0.4, -0.2) is 39.9 Å². The van der Waals surface area contributed by atoms with Gasteiger partial charge in [-0.3, -0.25) is 5.10 Å². The van der Waals surface area contributed by atoms with Gasteiger partial charge in [0, 0.05) is 11.8 Å². The average molecular weight is 281 g/mol. The second kappa shape index (κ2) is 4.09. The summed E-state index contributed by atoms with van der Waals surface area (Å²) in [6.45, 7) is 1.87. The van der Waals surface area contributed by atoms with Crippen molar-refractivity contribution < 1.29 is 8.42 Å². The first-order valence-corrected chi connectivity index (χ1v) is 7.85. The average Bonchev–Trinajstić information content (AvgIpc) is 3.03. The van der Waals surface area contributed by atoms with E-state index in [1.807, 2.05) is 13.0 Å². The molecule has 2 aromatic rings. The van der Waals surface area contributed by atoms with Gasteiger partial charge in [-0.1, -0.05) is 0 Å². The van der Waals surface area contributed by atoms with Gasteiger partial charge in [0.2, 0.25) is 0 Å². The molecule has 0 bridgehead atoms. The second-order valence-corrected chi connectivity index (χ2v) is 7.06. The van der Waals surface area contributed by atoms with Crippen molar-refractivity contribution >= 4 is 15.7 Å². The molecule has 0 amide bonds. The molecule has 1 unspecified atom stereocenters. The number of H-pyrrole nitrogens is 1. The van der Waals surface area contributed by atoms with Crippen molar-refractivity contribution in [2.45, 2.75) is 19.4 Å². The highest BCUT2D eigenvalue weighted by Crippen LogP contribution is 2.31. The Morgan fingerprint density at radius 2 is 2.32 bits per heavy atom. The second-order valence-electron chi connectivity index (χ2n) is 4.83. The molecule has 7 nitrogen and oxygen atoms in total. The van der Waals surface area contributed by atoms with Crippen LogP contribution in [0, 0.1) is 6.92 Å². The molecule has 19 heavy (non-hydrogen) atoms. The Kier molecular flexibility index (Phi) is 2.63. The molecular formula is C11H15N5O2S. The first-order valence-electron chi connectivity index (χ1n) is 6.03. The van der Waals surface area contributed by atoms with Gasteiger partial charge in [-0.25, -0.2) is 13.1 Å². The molecule has 1 aliphatic heterocycles. The Morgan fingerprint density at radius 1 is 1.53 bits per heavy atom. The fraction of sp³-hybridized carbons (Fsp3) is 0.455.